The number of rotatable bonds is 7. The van der Waals surface area contributed by atoms with E-state index in [9.17, 15) is 4.79 Å². The quantitative estimate of drug-likeness (QED) is 0.638. The molecule has 0 spiro atoms. The largest absolute Gasteiger partial charge is 0.497 e. The molecule has 138 valence electrons. The van der Waals surface area contributed by atoms with Crippen LogP contribution in [-0.2, 0) is 4.79 Å². The van der Waals surface area contributed by atoms with Crippen molar-refractivity contribution in [3.8, 4) is 5.75 Å². The molecule has 1 amide bonds. The third kappa shape index (κ3) is 4.98. The molecular weight excluding hydrogens is 334 g/mol. The van der Waals surface area contributed by atoms with Gasteiger partial charge in [-0.15, -0.1) is 0 Å². The van der Waals surface area contributed by atoms with Crippen molar-refractivity contribution in [1.29, 1.82) is 0 Å². The molecule has 0 aliphatic carbocycles. The molecule has 3 aromatic carbocycles. The number of carbonyl (C=O) groups excluding carboxylic acids is 1. The van der Waals surface area contributed by atoms with E-state index in [0.29, 0.717) is 6.42 Å². The standard InChI is InChI=1S/C24H25NO2/c1-18(19-13-15-22(27-2)16-14-19)25-24(26)17-23(20-9-5-3-6-10-20)21-11-7-4-8-12-21/h3-16,18,23H,17H2,1-2H3,(H,25,26)/t18-/m1/s1. The molecule has 0 unspecified atom stereocenters. The lowest BCUT2D eigenvalue weighted by Crippen LogP contribution is -2.28. The van der Waals surface area contributed by atoms with Gasteiger partial charge in [0.2, 0.25) is 5.91 Å². The van der Waals surface area contributed by atoms with Crippen molar-refractivity contribution in [3.63, 3.8) is 0 Å². The van der Waals surface area contributed by atoms with Crippen LogP contribution in [0.2, 0.25) is 0 Å². The number of ether oxygens (including phenoxy) is 1. The topological polar surface area (TPSA) is 38.3 Å². The maximum absolute atomic E-state index is 12.8. The highest BCUT2D eigenvalue weighted by molar-refractivity contribution is 5.78. The van der Waals surface area contributed by atoms with E-state index in [4.69, 9.17) is 4.74 Å². The third-order valence-corrected chi connectivity index (χ3v) is 4.79. The summed E-state index contributed by atoms with van der Waals surface area (Å²) in [7, 11) is 1.65. The van der Waals surface area contributed by atoms with E-state index in [0.717, 1.165) is 22.4 Å². The van der Waals surface area contributed by atoms with Crippen molar-refractivity contribution in [2.45, 2.75) is 25.3 Å². The second kappa shape index (κ2) is 9.04. The minimum Gasteiger partial charge on any atom is -0.497 e. The summed E-state index contributed by atoms with van der Waals surface area (Å²) in [5.74, 6) is 0.886. The monoisotopic (exact) mass is 359 g/mol. The molecule has 3 nitrogen and oxygen atoms in total. The summed E-state index contributed by atoms with van der Waals surface area (Å²) in [5, 5.41) is 3.12. The molecule has 3 rings (SSSR count). The van der Waals surface area contributed by atoms with E-state index in [2.05, 4.69) is 29.6 Å². The molecule has 3 aromatic rings. The van der Waals surface area contributed by atoms with Crippen molar-refractivity contribution in [2.24, 2.45) is 0 Å². The fraction of sp³-hybridized carbons (Fsp3) is 0.208. The van der Waals surface area contributed by atoms with Crippen LogP contribution in [0.5, 0.6) is 5.75 Å². The molecule has 0 aromatic heterocycles. The number of nitrogens with one attached hydrogen (secondary N) is 1. The SMILES string of the molecule is COc1ccc([C@@H](C)NC(=O)CC(c2ccccc2)c2ccccc2)cc1. The summed E-state index contributed by atoms with van der Waals surface area (Å²) in [4.78, 5) is 12.8. The second-order valence-corrected chi connectivity index (χ2v) is 6.64. The zero-order valence-electron chi connectivity index (χ0n) is 15.8. The van der Waals surface area contributed by atoms with Crippen molar-refractivity contribution in [3.05, 3.63) is 102 Å². The van der Waals surface area contributed by atoms with Crippen molar-refractivity contribution in [1.82, 2.24) is 5.32 Å². The van der Waals surface area contributed by atoms with E-state index in [1.807, 2.05) is 67.6 Å². The first kappa shape index (κ1) is 18.7. The summed E-state index contributed by atoms with van der Waals surface area (Å²) in [6.45, 7) is 2.00. The Morgan fingerprint density at radius 3 is 1.81 bits per heavy atom. The highest BCUT2D eigenvalue weighted by atomic mass is 16.5. The number of methoxy groups -OCH3 is 1. The van der Waals surface area contributed by atoms with Gasteiger partial charge in [0.05, 0.1) is 13.2 Å². The van der Waals surface area contributed by atoms with Gasteiger partial charge in [-0.25, -0.2) is 0 Å². The molecule has 0 aliphatic rings. The molecule has 0 saturated heterocycles. The molecular formula is C24H25NO2. The van der Waals surface area contributed by atoms with Crippen LogP contribution in [-0.4, -0.2) is 13.0 Å². The number of benzene rings is 3. The molecule has 27 heavy (non-hydrogen) atoms. The van der Waals surface area contributed by atoms with Crippen LogP contribution in [0.3, 0.4) is 0 Å². The molecule has 0 aliphatic heterocycles. The van der Waals surface area contributed by atoms with Crippen LogP contribution in [0.1, 0.15) is 42.0 Å². The maximum Gasteiger partial charge on any atom is 0.221 e. The summed E-state index contributed by atoms with van der Waals surface area (Å²) in [6, 6.07) is 28.1. The summed E-state index contributed by atoms with van der Waals surface area (Å²) < 4.78 is 5.19. The normalized spacial score (nSPS) is 11.8. The first-order chi connectivity index (χ1) is 13.2. The average Bonchev–Trinajstić information content (AvgIpc) is 2.73. The van der Waals surface area contributed by atoms with Crippen molar-refractivity contribution >= 4 is 5.91 Å². The van der Waals surface area contributed by atoms with E-state index in [-0.39, 0.29) is 17.9 Å². The fourth-order valence-corrected chi connectivity index (χ4v) is 3.26. The minimum absolute atomic E-state index is 0.0375. The molecule has 0 saturated carbocycles. The van der Waals surface area contributed by atoms with Crippen LogP contribution in [0.4, 0.5) is 0 Å². The molecule has 0 bridgehead atoms. The number of carbonyl (C=O) groups is 1. The average molecular weight is 359 g/mol. The lowest BCUT2D eigenvalue weighted by Gasteiger charge is -2.20. The molecule has 3 heteroatoms. The van der Waals surface area contributed by atoms with Gasteiger partial charge in [0, 0.05) is 12.3 Å². The number of amides is 1. The van der Waals surface area contributed by atoms with Crippen LogP contribution in [0, 0.1) is 0 Å². The lowest BCUT2D eigenvalue weighted by atomic mass is 9.88. The summed E-state index contributed by atoms with van der Waals surface area (Å²) in [6.07, 6.45) is 0.411. The van der Waals surface area contributed by atoms with Gasteiger partial charge in [0.1, 0.15) is 5.75 Å². The molecule has 1 N–H and O–H groups in total. The van der Waals surface area contributed by atoms with E-state index >= 15 is 0 Å². The Kier molecular flexibility index (Phi) is 6.26. The van der Waals surface area contributed by atoms with Gasteiger partial charge in [-0.05, 0) is 35.7 Å². The van der Waals surface area contributed by atoms with Gasteiger partial charge in [0.15, 0.2) is 0 Å². The Morgan fingerprint density at radius 2 is 1.33 bits per heavy atom. The Bertz CT molecular complexity index is 805. The van der Waals surface area contributed by atoms with Crippen LogP contribution in [0.15, 0.2) is 84.9 Å². The Hall–Kier alpha value is -3.07. The Labute approximate surface area is 161 Å². The molecule has 1 atom stereocenters. The van der Waals surface area contributed by atoms with Gasteiger partial charge in [-0.1, -0.05) is 72.8 Å². The summed E-state index contributed by atoms with van der Waals surface area (Å²) >= 11 is 0. The van der Waals surface area contributed by atoms with Gasteiger partial charge in [0.25, 0.3) is 0 Å². The highest BCUT2D eigenvalue weighted by Crippen LogP contribution is 2.28. The van der Waals surface area contributed by atoms with E-state index in [1.165, 1.54) is 0 Å². The first-order valence-electron chi connectivity index (χ1n) is 9.20. The van der Waals surface area contributed by atoms with Gasteiger partial charge in [-0.3, -0.25) is 4.79 Å². The van der Waals surface area contributed by atoms with Gasteiger partial charge >= 0.3 is 0 Å². The predicted molar refractivity (Wildman–Crippen MR) is 109 cm³/mol. The van der Waals surface area contributed by atoms with Gasteiger partial charge < -0.3 is 10.1 Å². The van der Waals surface area contributed by atoms with Crippen LogP contribution >= 0.6 is 0 Å². The van der Waals surface area contributed by atoms with Crippen molar-refractivity contribution < 1.29 is 9.53 Å². The second-order valence-electron chi connectivity index (χ2n) is 6.64. The Morgan fingerprint density at radius 1 is 0.815 bits per heavy atom. The fourth-order valence-electron chi connectivity index (χ4n) is 3.26. The first-order valence-corrected chi connectivity index (χ1v) is 9.20. The van der Waals surface area contributed by atoms with Crippen LogP contribution < -0.4 is 10.1 Å². The minimum atomic E-state index is -0.0596. The molecule has 0 fully saturated rings. The van der Waals surface area contributed by atoms with Crippen LogP contribution in [0.25, 0.3) is 0 Å². The van der Waals surface area contributed by atoms with Crippen molar-refractivity contribution in [2.75, 3.05) is 7.11 Å². The van der Waals surface area contributed by atoms with E-state index in [1.54, 1.807) is 7.11 Å². The van der Waals surface area contributed by atoms with E-state index < -0.39 is 0 Å². The number of hydrogen-bond acceptors (Lipinski definition) is 2. The maximum atomic E-state index is 12.8. The zero-order chi connectivity index (χ0) is 19.1. The lowest BCUT2D eigenvalue weighted by molar-refractivity contribution is -0.121. The smallest absolute Gasteiger partial charge is 0.221 e. The Balaban J connectivity index is 1.72. The zero-order valence-corrected chi connectivity index (χ0v) is 15.8. The third-order valence-electron chi connectivity index (χ3n) is 4.79. The number of hydrogen-bond donors (Lipinski definition) is 1. The van der Waals surface area contributed by atoms with Gasteiger partial charge in [-0.2, -0.15) is 0 Å². The molecule has 0 heterocycles. The predicted octanol–water partition coefficient (Wildman–Crippen LogP) is 5.09. The highest BCUT2D eigenvalue weighted by Gasteiger charge is 2.19. The summed E-state index contributed by atoms with van der Waals surface area (Å²) in [5.41, 5.74) is 3.35. The molecule has 0 radical (unpaired) electrons.